The molecule has 204 valence electrons. The summed E-state index contributed by atoms with van der Waals surface area (Å²) in [6.45, 7) is 11.4. The molecule has 7 nitrogen and oxygen atoms in total. The Bertz CT molecular complexity index is 1940. The Morgan fingerprint density at radius 1 is 0.950 bits per heavy atom. The number of allylic oxidation sites excluding steroid dienone is 1. The van der Waals surface area contributed by atoms with E-state index in [2.05, 4.69) is 67.0 Å². The van der Waals surface area contributed by atoms with Crippen LogP contribution in [0.1, 0.15) is 53.9 Å². The molecule has 40 heavy (non-hydrogen) atoms. The fraction of sp³-hybridized carbons (Fsp3) is 0.312. The molecule has 2 N–H and O–H groups in total. The SMILES string of the molecule is COc1ccc2[nH]c3c(c4c(c5c6ccccc6n([C@H]6C=C[C@@H](O[Si](C)(C)C(C)(C)C)C6)c35)C(=O)NC4=O)c2c1. The molecule has 0 unspecified atom stereocenters. The standard InChI is InChI=1S/C32H33N3O4Si/c1-32(2,3)40(5,6)39-19-12-11-17(15-19)35-23-10-8-7-9-20(23)25-27-26(30(36)34-31(27)37)24-21-16-18(38-4)13-14-22(21)33-28(24)29(25)35/h7-14,16-17,19,33H,15H2,1-6H3,(H,34,36,37)/t17-,19+/m0/s1. The molecule has 5 aromatic rings. The zero-order valence-corrected chi connectivity index (χ0v) is 24.6. The van der Waals surface area contributed by atoms with Gasteiger partial charge < -0.3 is 18.7 Å². The summed E-state index contributed by atoms with van der Waals surface area (Å²) in [7, 11) is -0.340. The van der Waals surface area contributed by atoms with Gasteiger partial charge in [0.25, 0.3) is 11.8 Å². The van der Waals surface area contributed by atoms with Crippen LogP contribution in [-0.4, -0.2) is 42.9 Å². The molecule has 0 spiro atoms. The van der Waals surface area contributed by atoms with E-state index in [4.69, 9.17) is 9.16 Å². The van der Waals surface area contributed by atoms with Gasteiger partial charge in [0.1, 0.15) is 5.75 Å². The normalized spacial score (nSPS) is 19.4. The summed E-state index contributed by atoms with van der Waals surface area (Å²) in [4.78, 5) is 30.3. The van der Waals surface area contributed by atoms with Gasteiger partial charge in [0.2, 0.25) is 0 Å². The van der Waals surface area contributed by atoms with E-state index < -0.39 is 8.32 Å². The van der Waals surface area contributed by atoms with Crippen LogP contribution in [0.25, 0.3) is 43.6 Å². The number of para-hydroxylation sites is 1. The van der Waals surface area contributed by atoms with Crippen molar-refractivity contribution in [3.63, 3.8) is 0 Å². The molecule has 2 aliphatic rings. The Balaban J connectivity index is 1.53. The molecule has 0 fully saturated rings. The molecule has 0 saturated heterocycles. The molecule has 1 aliphatic carbocycles. The number of aromatic nitrogens is 2. The van der Waals surface area contributed by atoms with Gasteiger partial charge in [0, 0.05) is 39.0 Å². The van der Waals surface area contributed by atoms with Crippen LogP contribution >= 0.6 is 0 Å². The Morgan fingerprint density at radius 3 is 2.40 bits per heavy atom. The lowest BCUT2D eigenvalue weighted by atomic mass is 9.96. The number of carbonyl (C=O) groups excluding carboxylic acids is 2. The van der Waals surface area contributed by atoms with Crippen LogP contribution < -0.4 is 10.1 Å². The molecule has 3 heterocycles. The first-order chi connectivity index (χ1) is 19.0. The number of methoxy groups -OCH3 is 1. The summed E-state index contributed by atoms with van der Waals surface area (Å²) >= 11 is 0. The number of fused-ring (bicyclic) bond motifs is 10. The molecule has 7 rings (SSSR count). The number of imide groups is 1. The topological polar surface area (TPSA) is 85.3 Å². The highest BCUT2D eigenvalue weighted by molar-refractivity contribution is 6.74. The predicted octanol–water partition coefficient (Wildman–Crippen LogP) is 7.21. The van der Waals surface area contributed by atoms with E-state index in [-0.39, 0.29) is 29.0 Å². The van der Waals surface area contributed by atoms with Crippen molar-refractivity contribution >= 4 is 63.7 Å². The summed E-state index contributed by atoms with van der Waals surface area (Å²) in [6.07, 6.45) is 5.25. The maximum atomic E-state index is 13.4. The van der Waals surface area contributed by atoms with Gasteiger partial charge in [0.05, 0.1) is 41.4 Å². The Morgan fingerprint density at radius 2 is 1.68 bits per heavy atom. The molecule has 0 saturated carbocycles. The van der Waals surface area contributed by atoms with Crippen molar-refractivity contribution in [2.45, 2.75) is 57.5 Å². The fourth-order valence-corrected chi connectivity index (χ4v) is 7.54. The third kappa shape index (κ3) is 3.39. The van der Waals surface area contributed by atoms with Gasteiger partial charge in [-0.3, -0.25) is 14.9 Å². The lowest BCUT2D eigenvalue weighted by Crippen LogP contribution is -2.43. The van der Waals surface area contributed by atoms with Crippen LogP contribution in [0.3, 0.4) is 0 Å². The van der Waals surface area contributed by atoms with Crippen molar-refractivity contribution in [3.05, 3.63) is 65.7 Å². The molecule has 2 aromatic heterocycles. The average Bonchev–Trinajstić information content (AvgIpc) is 3.65. The summed E-state index contributed by atoms with van der Waals surface area (Å²) in [5, 5.41) is 6.06. The number of nitrogens with one attached hydrogen (secondary N) is 2. The first kappa shape index (κ1) is 25.1. The summed E-state index contributed by atoms with van der Waals surface area (Å²) < 4.78 is 14.6. The molecule has 0 bridgehead atoms. The molecule has 1 aliphatic heterocycles. The quantitative estimate of drug-likeness (QED) is 0.140. The second-order valence-electron chi connectivity index (χ2n) is 12.5. The van der Waals surface area contributed by atoms with Crippen LogP contribution in [0.15, 0.2) is 54.6 Å². The van der Waals surface area contributed by atoms with Crippen molar-refractivity contribution in [1.29, 1.82) is 0 Å². The van der Waals surface area contributed by atoms with E-state index in [9.17, 15) is 9.59 Å². The number of nitrogens with zero attached hydrogens (tertiary/aromatic N) is 1. The molecular formula is C32H33N3O4Si. The predicted molar refractivity (Wildman–Crippen MR) is 162 cm³/mol. The third-order valence-electron chi connectivity index (χ3n) is 9.19. The number of hydrogen-bond acceptors (Lipinski definition) is 4. The van der Waals surface area contributed by atoms with Crippen LogP contribution in [0.4, 0.5) is 0 Å². The summed E-state index contributed by atoms with van der Waals surface area (Å²) in [6, 6.07) is 14.0. The van der Waals surface area contributed by atoms with Crippen LogP contribution in [0.5, 0.6) is 5.75 Å². The Kier molecular flexibility index (Phi) is 5.22. The number of amides is 2. The average molecular weight is 552 g/mol. The highest BCUT2D eigenvalue weighted by Gasteiger charge is 2.41. The summed E-state index contributed by atoms with van der Waals surface area (Å²) in [5.41, 5.74) is 4.56. The Labute approximate surface area is 233 Å². The molecule has 2 atom stereocenters. The van der Waals surface area contributed by atoms with Gasteiger partial charge in [0.15, 0.2) is 8.32 Å². The van der Waals surface area contributed by atoms with Crippen LogP contribution in [0.2, 0.25) is 18.1 Å². The zero-order valence-electron chi connectivity index (χ0n) is 23.6. The Hall–Kier alpha value is -3.88. The second kappa shape index (κ2) is 8.31. The van der Waals surface area contributed by atoms with E-state index in [0.717, 1.165) is 50.0 Å². The minimum atomic E-state index is -1.97. The van der Waals surface area contributed by atoms with Gasteiger partial charge in [-0.05, 0) is 42.4 Å². The van der Waals surface area contributed by atoms with Crippen molar-refractivity contribution in [3.8, 4) is 5.75 Å². The van der Waals surface area contributed by atoms with E-state index in [0.29, 0.717) is 16.9 Å². The molecule has 2 amide bonds. The minimum absolute atomic E-state index is 0.0175. The number of aromatic amines is 1. The highest BCUT2D eigenvalue weighted by atomic mass is 28.4. The minimum Gasteiger partial charge on any atom is -0.497 e. The van der Waals surface area contributed by atoms with Gasteiger partial charge in [-0.1, -0.05) is 51.1 Å². The lowest BCUT2D eigenvalue weighted by molar-refractivity contribution is 0.0880. The number of H-pyrrole nitrogens is 1. The van der Waals surface area contributed by atoms with Gasteiger partial charge in [-0.25, -0.2) is 0 Å². The van der Waals surface area contributed by atoms with Crippen LogP contribution in [-0.2, 0) is 4.43 Å². The largest absolute Gasteiger partial charge is 0.497 e. The molecule has 0 radical (unpaired) electrons. The molecular weight excluding hydrogens is 518 g/mol. The van der Waals surface area contributed by atoms with E-state index in [1.54, 1.807) is 7.11 Å². The first-order valence-corrected chi connectivity index (χ1v) is 16.7. The maximum Gasteiger partial charge on any atom is 0.259 e. The number of benzene rings is 3. The smallest absolute Gasteiger partial charge is 0.259 e. The summed E-state index contributed by atoms with van der Waals surface area (Å²) in [5.74, 6) is -0.0268. The lowest BCUT2D eigenvalue weighted by Gasteiger charge is -2.38. The zero-order chi connectivity index (χ0) is 28.1. The van der Waals surface area contributed by atoms with E-state index in [1.165, 1.54) is 0 Å². The number of ether oxygens (including phenoxy) is 1. The van der Waals surface area contributed by atoms with Crippen molar-refractivity contribution < 1.29 is 18.8 Å². The monoisotopic (exact) mass is 551 g/mol. The van der Waals surface area contributed by atoms with Gasteiger partial charge in [-0.15, -0.1) is 0 Å². The molecule has 8 heteroatoms. The van der Waals surface area contributed by atoms with Gasteiger partial charge >= 0.3 is 0 Å². The first-order valence-electron chi connectivity index (χ1n) is 13.8. The van der Waals surface area contributed by atoms with Crippen molar-refractivity contribution in [1.82, 2.24) is 14.9 Å². The highest BCUT2D eigenvalue weighted by Crippen LogP contribution is 2.47. The number of hydrogen-bond donors (Lipinski definition) is 2. The van der Waals surface area contributed by atoms with E-state index in [1.807, 2.05) is 36.4 Å². The number of carbonyl (C=O) groups is 2. The van der Waals surface area contributed by atoms with Crippen molar-refractivity contribution in [2.75, 3.05) is 7.11 Å². The van der Waals surface area contributed by atoms with Crippen molar-refractivity contribution in [2.24, 2.45) is 0 Å². The second-order valence-corrected chi connectivity index (χ2v) is 17.3. The third-order valence-corrected chi connectivity index (χ3v) is 13.7. The van der Waals surface area contributed by atoms with E-state index >= 15 is 0 Å². The van der Waals surface area contributed by atoms with Gasteiger partial charge in [-0.2, -0.15) is 0 Å². The van der Waals surface area contributed by atoms with Crippen LogP contribution in [0, 0.1) is 0 Å². The maximum absolute atomic E-state index is 13.4. The fourth-order valence-electron chi connectivity index (χ4n) is 6.26. The molecule has 3 aromatic carbocycles. The number of rotatable bonds is 4.